The maximum absolute atomic E-state index is 12.4. The Morgan fingerprint density at radius 1 is 1.28 bits per heavy atom. The molecule has 1 aliphatic rings. The van der Waals surface area contributed by atoms with E-state index in [1.54, 1.807) is 0 Å². The number of hydrogen-bond donors (Lipinski definition) is 2. The number of rotatable bonds is 5. The zero-order valence-corrected chi connectivity index (χ0v) is 16.1. The summed E-state index contributed by atoms with van der Waals surface area (Å²) in [5, 5.41) is 3.09. The first-order valence-electron chi connectivity index (χ1n) is 8.84. The van der Waals surface area contributed by atoms with Crippen LogP contribution in [0.25, 0.3) is 0 Å². The maximum atomic E-state index is 12.4. The molecule has 140 valence electrons. The van der Waals surface area contributed by atoms with Crippen LogP contribution in [-0.4, -0.2) is 41.9 Å². The molecule has 5 nitrogen and oxygen atoms in total. The fraction of sp³-hybridized carbons (Fsp3) is 0.579. The highest BCUT2D eigenvalue weighted by atomic mass is 35.5. The topological polar surface area (TPSA) is 75.4 Å². The molecule has 2 atom stereocenters. The van der Waals surface area contributed by atoms with Crippen molar-refractivity contribution in [3.8, 4) is 0 Å². The van der Waals surface area contributed by atoms with Crippen molar-refractivity contribution in [1.29, 1.82) is 0 Å². The monoisotopic (exact) mass is 367 g/mol. The molecule has 3 N–H and O–H groups in total. The van der Waals surface area contributed by atoms with Gasteiger partial charge in [-0.3, -0.25) is 9.59 Å². The van der Waals surface area contributed by atoms with Crippen LogP contribution in [-0.2, 0) is 4.79 Å². The minimum absolute atomic E-state index is 0. The zero-order valence-electron chi connectivity index (χ0n) is 15.3. The van der Waals surface area contributed by atoms with Gasteiger partial charge < -0.3 is 16.0 Å². The number of carbonyl (C=O) groups is 2. The van der Waals surface area contributed by atoms with E-state index in [4.69, 9.17) is 5.73 Å². The van der Waals surface area contributed by atoms with Crippen LogP contribution >= 0.6 is 12.4 Å². The standard InChI is InChI=1S/C19H29N3O2.ClH/c1-4-13(2)17(20)19(24)22-11-9-15(10-12-22)21-18(23)16-8-6-5-7-14(16)3;/h5-8,13,15,17H,4,9-12,20H2,1-3H3,(H,21,23);1H. The van der Waals surface area contributed by atoms with Crippen molar-refractivity contribution in [2.75, 3.05) is 13.1 Å². The predicted molar refractivity (Wildman–Crippen MR) is 103 cm³/mol. The van der Waals surface area contributed by atoms with E-state index in [9.17, 15) is 9.59 Å². The average molecular weight is 368 g/mol. The Kier molecular flexibility index (Phi) is 8.39. The van der Waals surface area contributed by atoms with Gasteiger partial charge in [-0.15, -0.1) is 12.4 Å². The van der Waals surface area contributed by atoms with Crippen LogP contribution in [0.5, 0.6) is 0 Å². The summed E-state index contributed by atoms with van der Waals surface area (Å²) in [4.78, 5) is 26.6. The molecule has 1 heterocycles. The van der Waals surface area contributed by atoms with Crippen molar-refractivity contribution in [1.82, 2.24) is 10.2 Å². The lowest BCUT2D eigenvalue weighted by Crippen LogP contribution is -2.52. The minimum atomic E-state index is -0.423. The zero-order chi connectivity index (χ0) is 17.7. The number of amides is 2. The van der Waals surface area contributed by atoms with Gasteiger partial charge in [0.2, 0.25) is 5.91 Å². The SMILES string of the molecule is CCC(C)C(N)C(=O)N1CCC(NC(=O)c2ccccc2C)CC1.Cl. The van der Waals surface area contributed by atoms with Crippen LogP contribution in [0.1, 0.15) is 49.0 Å². The smallest absolute Gasteiger partial charge is 0.251 e. The Morgan fingerprint density at radius 2 is 1.88 bits per heavy atom. The van der Waals surface area contributed by atoms with Gasteiger partial charge in [-0.2, -0.15) is 0 Å². The number of halogens is 1. The van der Waals surface area contributed by atoms with Crippen molar-refractivity contribution in [2.45, 2.75) is 52.1 Å². The molecule has 2 amide bonds. The molecule has 6 heteroatoms. The summed E-state index contributed by atoms with van der Waals surface area (Å²) >= 11 is 0. The predicted octanol–water partition coefficient (Wildman–Crippen LogP) is 2.51. The summed E-state index contributed by atoms with van der Waals surface area (Å²) in [6, 6.07) is 7.27. The summed E-state index contributed by atoms with van der Waals surface area (Å²) in [5.74, 6) is 0.193. The molecular weight excluding hydrogens is 338 g/mol. The maximum Gasteiger partial charge on any atom is 0.251 e. The van der Waals surface area contributed by atoms with Gasteiger partial charge in [0.25, 0.3) is 5.91 Å². The number of aryl methyl sites for hydroxylation is 1. The molecule has 0 radical (unpaired) electrons. The van der Waals surface area contributed by atoms with Gasteiger partial charge >= 0.3 is 0 Å². The second-order valence-electron chi connectivity index (χ2n) is 6.80. The minimum Gasteiger partial charge on any atom is -0.349 e. The Hall–Kier alpha value is -1.59. The third-order valence-corrected chi connectivity index (χ3v) is 5.07. The molecule has 1 aromatic carbocycles. The highest BCUT2D eigenvalue weighted by Gasteiger charge is 2.29. The molecule has 0 aliphatic carbocycles. The summed E-state index contributed by atoms with van der Waals surface area (Å²) in [6.07, 6.45) is 2.45. The lowest BCUT2D eigenvalue weighted by Gasteiger charge is -2.35. The molecule has 1 saturated heterocycles. The van der Waals surface area contributed by atoms with Crippen LogP contribution in [0, 0.1) is 12.8 Å². The number of nitrogens with two attached hydrogens (primary N) is 1. The molecule has 0 spiro atoms. The first-order chi connectivity index (χ1) is 11.4. The molecule has 1 aromatic rings. The van der Waals surface area contributed by atoms with Crippen molar-refractivity contribution < 1.29 is 9.59 Å². The molecule has 2 unspecified atom stereocenters. The van der Waals surface area contributed by atoms with Gasteiger partial charge in [0.15, 0.2) is 0 Å². The molecule has 1 aliphatic heterocycles. The number of piperidine rings is 1. The molecule has 0 aromatic heterocycles. The second kappa shape index (κ2) is 9.78. The van der Waals surface area contributed by atoms with Gasteiger partial charge in [-0.05, 0) is 37.3 Å². The number of hydrogen-bond acceptors (Lipinski definition) is 3. The molecule has 1 fully saturated rings. The molecular formula is C19H30ClN3O2. The molecule has 0 saturated carbocycles. The summed E-state index contributed by atoms with van der Waals surface area (Å²) in [7, 11) is 0. The van der Waals surface area contributed by atoms with E-state index in [1.165, 1.54) is 0 Å². The first kappa shape index (κ1) is 21.5. The van der Waals surface area contributed by atoms with Gasteiger partial charge in [0.1, 0.15) is 0 Å². The Bertz CT molecular complexity index is 586. The number of benzene rings is 1. The second-order valence-corrected chi connectivity index (χ2v) is 6.80. The van der Waals surface area contributed by atoms with Crippen LogP contribution in [0.2, 0.25) is 0 Å². The fourth-order valence-corrected chi connectivity index (χ4v) is 3.04. The normalized spacial score (nSPS) is 17.4. The lowest BCUT2D eigenvalue weighted by molar-refractivity contribution is -0.134. The lowest BCUT2D eigenvalue weighted by atomic mass is 9.97. The number of carbonyl (C=O) groups excluding carboxylic acids is 2. The Balaban J connectivity index is 0.00000312. The third-order valence-electron chi connectivity index (χ3n) is 5.07. The molecule has 2 rings (SSSR count). The van der Waals surface area contributed by atoms with Crippen molar-refractivity contribution in [2.24, 2.45) is 11.7 Å². The third kappa shape index (κ3) is 5.44. The van der Waals surface area contributed by atoms with Crippen LogP contribution in [0.4, 0.5) is 0 Å². The first-order valence-corrected chi connectivity index (χ1v) is 8.84. The number of nitrogens with zero attached hydrogens (tertiary/aromatic N) is 1. The summed E-state index contributed by atoms with van der Waals surface area (Å²) < 4.78 is 0. The molecule has 25 heavy (non-hydrogen) atoms. The van der Waals surface area contributed by atoms with E-state index < -0.39 is 6.04 Å². The highest BCUT2D eigenvalue weighted by Crippen LogP contribution is 2.16. The van der Waals surface area contributed by atoms with Crippen molar-refractivity contribution >= 4 is 24.2 Å². The highest BCUT2D eigenvalue weighted by molar-refractivity contribution is 5.95. The number of nitrogens with one attached hydrogen (secondary N) is 1. The number of likely N-dealkylation sites (tertiary alicyclic amines) is 1. The van der Waals surface area contributed by atoms with E-state index in [0.717, 1.165) is 30.4 Å². The fourth-order valence-electron chi connectivity index (χ4n) is 3.04. The van der Waals surface area contributed by atoms with E-state index in [2.05, 4.69) is 5.32 Å². The van der Waals surface area contributed by atoms with Gasteiger partial charge in [0, 0.05) is 24.7 Å². The van der Waals surface area contributed by atoms with E-state index in [1.807, 2.05) is 49.9 Å². The summed E-state index contributed by atoms with van der Waals surface area (Å²) in [6.45, 7) is 7.30. The van der Waals surface area contributed by atoms with Gasteiger partial charge in [-0.1, -0.05) is 38.5 Å². The van der Waals surface area contributed by atoms with Crippen molar-refractivity contribution in [3.63, 3.8) is 0 Å². The Labute approximate surface area is 156 Å². The van der Waals surface area contributed by atoms with Crippen LogP contribution in [0.3, 0.4) is 0 Å². The molecule has 0 bridgehead atoms. The largest absolute Gasteiger partial charge is 0.349 e. The summed E-state index contributed by atoms with van der Waals surface area (Å²) in [5.41, 5.74) is 7.74. The van der Waals surface area contributed by atoms with Crippen molar-refractivity contribution in [3.05, 3.63) is 35.4 Å². The van der Waals surface area contributed by atoms with Crippen LogP contribution in [0.15, 0.2) is 24.3 Å². The van der Waals surface area contributed by atoms with Crippen LogP contribution < -0.4 is 11.1 Å². The quantitative estimate of drug-likeness (QED) is 0.839. The Morgan fingerprint density at radius 3 is 2.44 bits per heavy atom. The van der Waals surface area contributed by atoms with Gasteiger partial charge in [-0.25, -0.2) is 0 Å². The van der Waals surface area contributed by atoms with E-state index in [-0.39, 0.29) is 36.2 Å². The average Bonchev–Trinajstić information content (AvgIpc) is 2.60. The van der Waals surface area contributed by atoms with E-state index >= 15 is 0 Å². The van der Waals surface area contributed by atoms with E-state index in [0.29, 0.717) is 13.1 Å². The van der Waals surface area contributed by atoms with Gasteiger partial charge in [0.05, 0.1) is 6.04 Å².